The van der Waals surface area contributed by atoms with Crippen molar-refractivity contribution in [2.45, 2.75) is 26.9 Å². The van der Waals surface area contributed by atoms with Gasteiger partial charge in [0.1, 0.15) is 5.76 Å². The molecule has 0 spiro atoms. The van der Waals surface area contributed by atoms with Gasteiger partial charge in [-0.05, 0) is 13.8 Å². The molecule has 2 rings (SSSR count). The molecule has 0 fully saturated rings. The van der Waals surface area contributed by atoms with E-state index in [9.17, 15) is 10.1 Å². The third-order valence-electron chi connectivity index (χ3n) is 2.84. The van der Waals surface area contributed by atoms with E-state index in [0.29, 0.717) is 35.7 Å². The number of nitrogens with zero attached hydrogens (tertiary/aromatic N) is 3. The van der Waals surface area contributed by atoms with Gasteiger partial charge in [-0.1, -0.05) is 5.16 Å². The number of nitrogens with one attached hydrogen (secondary N) is 1. The molecule has 2 heterocycles. The van der Waals surface area contributed by atoms with E-state index >= 15 is 0 Å². The first kappa shape index (κ1) is 13.2. The van der Waals surface area contributed by atoms with E-state index in [-0.39, 0.29) is 10.6 Å². The monoisotopic (exact) mass is 262 g/mol. The summed E-state index contributed by atoms with van der Waals surface area (Å²) in [7, 11) is 0. The number of hydrogen-bond donors (Lipinski definition) is 1. The van der Waals surface area contributed by atoms with Crippen molar-refractivity contribution in [3.05, 3.63) is 51.2 Å². The van der Waals surface area contributed by atoms with E-state index < -0.39 is 0 Å². The molecule has 0 atom stereocenters. The molecular weight excluding hydrogens is 248 g/mol. The van der Waals surface area contributed by atoms with Crippen LogP contribution in [-0.4, -0.2) is 15.1 Å². The maximum atomic E-state index is 11.0. The van der Waals surface area contributed by atoms with E-state index in [1.54, 1.807) is 26.1 Å². The maximum absolute atomic E-state index is 11.0. The van der Waals surface area contributed by atoms with Crippen LogP contribution >= 0.6 is 0 Å². The number of rotatable bonds is 5. The molecule has 0 aliphatic carbocycles. The van der Waals surface area contributed by atoms with Crippen molar-refractivity contribution in [2.75, 3.05) is 0 Å². The fourth-order valence-electron chi connectivity index (χ4n) is 1.86. The fourth-order valence-corrected chi connectivity index (χ4v) is 1.86. The van der Waals surface area contributed by atoms with Crippen LogP contribution in [0.1, 0.15) is 22.6 Å². The van der Waals surface area contributed by atoms with Crippen molar-refractivity contribution in [1.29, 1.82) is 0 Å². The molecule has 7 nitrogen and oxygen atoms in total. The second-order valence-electron chi connectivity index (χ2n) is 4.20. The Labute approximate surface area is 109 Å². The van der Waals surface area contributed by atoms with E-state index in [0.717, 1.165) is 0 Å². The second-order valence-corrected chi connectivity index (χ2v) is 4.20. The van der Waals surface area contributed by atoms with Crippen LogP contribution in [-0.2, 0) is 13.1 Å². The molecule has 0 bridgehead atoms. The minimum atomic E-state index is -0.369. The van der Waals surface area contributed by atoms with Gasteiger partial charge < -0.3 is 9.84 Å². The molecule has 0 saturated heterocycles. The van der Waals surface area contributed by atoms with Gasteiger partial charge in [0.05, 0.1) is 23.4 Å². The van der Waals surface area contributed by atoms with Crippen LogP contribution < -0.4 is 5.32 Å². The van der Waals surface area contributed by atoms with Gasteiger partial charge >= 0.3 is 0 Å². The molecule has 1 N–H and O–H groups in total. The lowest BCUT2D eigenvalue weighted by molar-refractivity contribution is -0.386. The van der Waals surface area contributed by atoms with Crippen molar-refractivity contribution < 1.29 is 9.45 Å². The zero-order valence-corrected chi connectivity index (χ0v) is 10.7. The maximum Gasteiger partial charge on any atom is 0.278 e. The first-order chi connectivity index (χ1) is 9.09. The van der Waals surface area contributed by atoms with Gasteiger partial charge in [-0.2, -0.15) is 0 Å². The van der Waals surface area contributed by atoms with Crippen LogP contribution in [0.15, 0.2) is 23.0 Å². The molecule has 0 aromatic carbocycles. The van der Waals surface area contributed by atoms with E-state index in [4.69, 9.17) is 4.52 Å². The lowest BCUT2D eigenvalue weighted by Crippen LogP contribution is -2.15. The first-order valence-electron chi connectivity index (χ1n) is 5.79. The summed E-state index contributed by atoms with van der Waals surface area (Å²) in [6, 6.07) is 1.75. The SMILES string of the molecule is Cc1cnc(CNCc2ccno2)c(C)c1[N+](=O)[O-]. The molecule has 7 heteroatoms. The highest BCUT2D eigenvalue weighted by Crippen LogP contribution is 2.23. The Morgan fingerprint density at radius 2 is 2.21 bits per heavy atom. The average molecular weight is 262 g/mol. The van der Waals surface area contributed by atoms with E-state index in [1.165, 1.54) is 6.20 Å². The minimum Gasteiger partial charge on any atom is -0.360 e. The highest BCUT2D eigenvalue weighted by Gasteiger charge is 2.18. The summed E-state index contributed by atoms with van der Waals surface area (Å²) >= 11 is 0. The number of aryl methyl sites for hydroxylation is 1. The first-order valence-corrected chi connectivity index (χ1v) is 5.79. The van der Waals surface area contributed by atoms with Crippen molar-refractivity contribution >= 4 is 5.69 Å². The van der Waals surface area contributed by atoms with Crippen LogP contribution in [0.25, 0.3) is 0 Å². The highest BCUT2D eigenvalue weighted by molar-refractivity contribution is 5.47. The van der Waals surface area contributed by atoms with Crippen molar-refractivity contribution in [3.8, 4) is 0 Å². The lowest BCUT2D eigenvalue weighted by Gasteiger charge is -2.07. The smallest absolute Gasteiger partial charge is 0.278 e. The van der Waals surface area contributed by atoms with Gasteiger partial charge in [-0.25, -0.2) is 0 Å². The highest BCUT2D eigenvalue weighted by atomic mass is 16.6. The van der Waals surface area contributed by atoms with E-state index in [2.05, 4.69) is 15.5 Å². The molecule has 0 unspecified atom stereocenters. The van der Waals surface area contributed by atoms with Crippen LogP contribution in [0.5, 0.6) is 0 Å². The zero-order valence-electron chi connectivity index (χ0n) is 10.7. The summed E-state index contributed by atoms with van der Waals surface area (Å²) in [5.74, 6) is 0.708. The molecule has 2 aromatic rings. The lowest BCUT2D eigenvalue weighted by atomic mass is 10.1. The Morgan fingerprint density at radius 3 is 2.84 bits per heavy atom. The standard InChI is InChI=1S/C12H14N4O3/c1-8-5-14-11(9(2)12(8)16(17)18)7-13-6-10-3-4-15-19-10/h3-5,13H,6-7H2,1-2H3. The van der Waals surface area contributed by atoms with Crippen molar-refractivity contribution in [3.63, 3.8) is 0 Å². The topological polar surface area (TPSA) is 94.1 Å². The molecule has 0 radical (unpaired) electrons. The van der Waals surface area contributed by atoms with Crippen LogP contribution in [0.3, 0.4) is 0 Å². The Kier molecular flexibility index (Phi) is 3.86. The van der Waals surface area contributed by atoms with Gasteiger partial charge in [0.15, 0.2) is 0 Å². The van der Waals surface area contributed by atoms with Crippen LogP contribution in [0.2, 0.25) is 0 Å². The van der Waals surface area contributed by atoms with Gasteiger partial charge in [0.25, 0.3) is 5.69 Å². The predicted molar refractivity (Wildman–Crippen MR) is 67.4 cm³/mol. The number of hydrogen-bond acceptors (Lipinski definition) is 6. The zero-order chi connectivity index (χ0) is 13.8. The van der Waals surface area contributed by atoms with Crippen molar-refractivity contribution in [2.24, 2.45) is 0 Å². The van der Waals surface area contributed by atoms with Gasteiger partial charge in [-0.3, -0.25) is 15.1 Å². The second kappa shape index (κ2) is 5.57. The van der Waals surface area contributed by atoms with Crippen LogP contribution in [0, 0.1) is 24.0 Å². The summed E-state index contributed by atoms with van der Waals surface area (Å²) in [6.45, 7) is 4.34. The summed E-state index contributed by atoms with van der Waals surface area (Å²) in [5, 5.41) is 17.7. The average Bonchev–Trinajstić information content (AvgIpc) is 2.85. The number of pyridine rings is 1. The van der Waals surface area contributed by atoms with Gasteiger partial charge in [-0.15, -0.1) is 0 Å². The molecule has 0 aliphatic heterocycles. The summed E-state index contributed by atoms with van der Waals surface area (Å²) in [5.41, 5.74) is 1.96. The third kappa shape index (κ3) is 2.94. The number of aromatic nitrogens is 2. The van der Waals surface area contributed by atoms with E-state index in [1.807, 2.05) is 0 Å². The van der Waals surface area contributed by atoms with Crippen molar-refractivity contribution in [1.82, 2.24) is 15.5 Å². The minimum absolute atomic E-state index is 0.131. The normalized spacial score (nSPS) is 10.6. The summed E-state index contributed by atoms with van der Waals surface area (Å²) in [4.78, 5) is 14.8. The molecule has 2 aromatic heterocycles. The fraction of sp³-hybridized carbons (Fsp3) is 0.333. The Hall–Kier alpha value is -2.28. The summed E-state index contributed by atoms with van der Waals surface area (Å²) in [6.07, 6.45) is 3.09. The Balaban J connectivity index is 2.08. The quantitative estimate of drug-likeness (QED) is 0.653. The molecule has 100 valence electrons. The molecule has 0 saturated carbocycles. The molecule has 0 aliphatic rings. The summed E-state index contributed by atoms with van der Waals surface area (Å²) < 4.78 is 4.94. The Bertz CT molecular complexity index is 581. The third-order valence-corrected chi connectivity index (χ3v) is 2.84. The van der Waals surface area contributed by atoms with Gasteiger partial charge in [0.2, 0.25) is 0 Å². The van der Waals surface area contributed by atoms with Gasteiger partial charge in [0, 0.05) is 29.9 Å². The molecule has 0 amide bonds. The predicted octanol–water partition coefficient (Wildman–Crippen LogP) is 1.88. The Morgan fingerprint density at radius 1 is 1.42 bits per heavy atom. The number of nitro groups is 1. The molecule has 19 heavy (non-hydrogen) atoms. The molecular formula is C12H14N4O3. The van der Waals surface area contributed by atoms with Crippen LogP contribution in [0.4, 0.5) is 5.69 Å². The largest absolute Gasteiger partial charge is 0.360 e.